The number of aryl methyl sites for hydroxylation is 1. The standard InChI is InChI=1S/C21H18N4O3S3/c1-12-6-3-4-9-15(12)22-16(26)11-30-20-23-18-17(19(27)24-20)31-21(29)25(18)13-7-5-8-14(10-13)28-2/h3-10H,11H2,1-2H3,(H,22,26)(H,23,24,27). The molecule has 4 aromatic rings. The van der Waals surface area contributed by atoms with Crippen molar-refractivity contribution in [2.24, 2.45) is 0 Å². The highest BCUT2D eigenvalue weighted by Crippen LogP contribution is 2.26. The smallest absolute Gasteiger partial charge is 0.271 e. The zero-order chi connectivity index (χ0) is 22.0. The Morgan fingerprint density at radius 2 is 2.10 bits per heavy atom. The topological polar surface area (TPSA) is 89.0 Å². The molecule has 0 atom stereocenters. The number of para-hydroxylation sites is 1. The molecule has 4 rings (SSSR count). The van der Waals surface area contributed by atoms with Crippen LogP contribution in [0.2, 0.25) is 0 Å². The minimum Gasteiger partial charge on any atom is -0.497 e. The number of nitrogens with one attached hydrogen (secondary N) is 2. The van der Waals surface area contributed by atoms with Crippen LogP contribution in [-0.4, -0.2) is 33.3 Å². The van der Waals surface area contributed by atoms with Gasteiger partial charge in [-0.2, -0.15) is 0 Å². The van der Waals surface area contributed by atoms with Crippen molar-refractivity contribution in [3.8, 4) is 11.4 Å². The third-order valence-corrected chi connectivity index (χ3v) is 6.73. The quantitative estimate of drug-likeness (QED) is 0.244. The summed E-state index contributed by atoms with van der Waals surface area (Å²) in [5, 5.41) is 3.22. The molecule has 0 aliphatic heterocycles. The van der Waals surface area contributed by atoms with E-state index in [0.29, 0.717) is 25.2 Å². The first-order valence-electron chi connectivity index (χ1n) is 9.25. The van der Waals surface area contributed by atoms with Gasteiger partial charge in [0, 0.05) is 11.8 Å². The first-order chi connectivity index (χ1) is 15.0. The molecule has 158 valence electrons. The molecule has 0 aliphatic rings. The summed E-state index contributed by atoms with van der Waals surface area (Å²) in [4.78, 5) is 32.3. The van der Waals surface area contributed by atoms with Crippen molar-refractivity contribution >= 4 is 57.3 Å². The molecule has 0 saturated heterocycles. The second-order valence-corrected chi connectivity index (χ2v) is 9.19. The minimum absolute atomic E-state index is 0.104. The number of nitrogens with zero attached hydrogens (tertiary/aromatic N) is 2. The number of carbonyl (C=O) groups excluding carboxylic acids is 1. The molecule has 0 aliphatic carbocycles. The monoisotopic (exact) mass is 470 g/mol. The zero-order valence-corrected chi connectivity index (χ0v) is 19.1. The lowest BCUT2D eigenvalue weighted by atomic mass is 10.2. The fraction of sp³-hybridized carbons (Fsp3) is 0.143. The number of fused-ring (bicyclic) bond motifs is 1. The van der Waals surface area contributed by atoms with Gasteiger partial charge in [0.1, 0.15) is 10.4 Å². The molecule has 0 spiro atoms. The molecule has 31 heavy (non-hydrogen) atoms. The molecule has 2 aromatic carbocycles. The van der Waals surface area contributed by atoms with Crippen molar-refractivity contribution in [2.45, 2.75) is 12.1 Å². The van der Waals surface area contributed by atoms with Crippen LogP contribution in [0.3, 0.4) is 0 Å². The fourth-order valence-corrected chi connectivity index (χ4v) is 4.90. The summed E-state index contributed by atoms with van der Waals surface area (Å²) in [6, 6.07) is 14.9. The number of hydrogen-bond donors (Lipinski definition) is 2. The highest BCUT2D eigenvalue weighted by Gasteiger charge is 2.15. The number of thiazole rings is 1. The maximum absolute atomic E-state index is 12.6. The maximum Gasteiger partial charge on any atom is 0.271 e. The third kappa shape index (κ3) is 4.55. The molecule has 2 aromatic heterocycles. The number of benzene rings is 2. The Bertz CT molecular complexity index is 1390. The Kier molecular flexibility index (Phi) is 6.21. The van der Waals surface area contributed by atoms with Crippen LogP contribution in [0.15, 0.2) is 58.5 Å². The minimum atomic E-state index is -0.287. The molecule has 2 heterocycles. The van der Waals surface area contributed by atoms with Gasteiger partial charge in [-0.3, -0.25) is 14.2 Å². The second kappa shape index (κ2) is 9.04. The van der Waals surface area contributed by atoms with E-state index < -0.39 is 0 Å². The number of aromatic nitrogens is 3. The number of H-pyrrole nitrogens is 1. The summed E-state index contributed by atoms with van der Waals surface area (Å²) in [5.41, 5.74) is 2.65. The lowest BCUT2D eigenvalue weighted by Gasteiger charge is -2.08. The Labute approximate surface area is 191 Å². The summed E-state index contributed by atoms with van der Waals surface area (Å²) in [5.74, 6) is 0.593. The molecule has 10 heteroatoms. The molecule has 0 bridgehead atoms. The first kappa shape index (κ1) is 21.3. The van der Waals surface area contributed by atoms with E-state index in [-0.39, 0.29) is 17.2 Å². The van der Waals surface area contributed by atoms with Gasteiger partial charge < -0.3 is 15.0 Å². The lowest BCUT2D eigenvalue weighted by molar-refractivity contribution is -0.113. The van der Waals surface area contributed by atoms with Crippen molar-refractivity contribution in [3.05, 3.63) is 68.4 Å². The second-order valence-electron chi connectivity index (χ2n) is 6.58. The Morgan fingerprint density at radius 3 is 2.87 bits per heavy atom. The average molecular weight is 471 g/mol. The van der Waals surface area contributed by atoms with Crippen molar-refractivity contribution in [1.82, 2.24) is 14.5 Å². The Hall–Kier alpha value is -2.95. The van der Waals surface area contributed by atoms with Crippen molar-refractivity contribution < 1.29 is 9.53 Å². The van der Waals surface area contributed by atoms with E-state index >= 15 is 0 Å². The van der Waals surface area contributed by atoms with E-state index in [4.69, 9.17) is 17.0 Å². The average Bonchev–Trinajstić information content (AvgIpc) is 3.10. The molecule has 7 nitrogen and oxygen atoms in total. The van der Waals surface area contributed by atoms with E-state index in [1.165, 1.54) is 11.3 Å². The fourth-order valence-electron chi connectivity index (χ4n) is 2.97. The van der Waals surface area contributed by atoms with Gasteiger partial charge in [0.25, 0.3) is 5.56 Å². The number of aromatic amines is 1. The Balaban J connectivity index is 1.62. The van der Waals surface area contributed by atoms with Crippen LogP contribution in [0.1, 0.15) is 5.56 Å². The van der Waals surface area contributed by atoms with Gasteiger partial charge in [0.05, 0.1) is 18.6 Å². The molecule has 0 fully saturated rings. The molecule has 1 amide bonds. The van der Waals surface area contributed by atoms with Gasteiger partial charge in [-0.25, -0.2) is 4.98 Å². The molecule has 0 saturated carbocycles. The number of ether oxygens (including phenoxy) is 1. The largest absolute Gasteiger partial charge is 0.497 e. The first-order valence-corrected chi connectivity index (χ1v) is 11.5. The van der Waals surface area contributed by atoms with E-state index in [9.17, 15) is 9.59 Å². The number of hydrogen-bond acceptors (Lipinski definition) is 7. The summed E-state index contributed by atoms with van der Waals surface area (Å²) < 4.78 is 7.97. The van der Waals surface area contributed by atoms with Gasteiger partial charge in [0.15, 0.2) is 14.8 Å². The van der Waals surface area contributed by atoms with E-state index in [0.717, 1.165) is 28.7 Å². The van der Waals surface area contributed by atoms with Crippen LogP contribution in [0.25, 0.3) is 16.0 Å². The number of rotatable bonds is 6. The predicted octanol–water partition coefficient (Wildman–Crippen LogP) is 4.55. The Morgan fingerprint density at radius 1 is 1.29 bits per heavy atom. The predicted molar refractivity (Wildman–Crippen MR) is 127 cm³/mol. The summed E-state index contributed by atoms with van der Waals surface area (Å²) >= 11 is 7.84. The zero-order valence-electron chi connectivity index (χ0n) is 16.7. The van der Waals surface area contributed by atoms with Crippen LogP contribution in [0.4, 0.5) is 5.69 Å². The molecule has 0 radical (unpaired) electrons. The van der Waals surface area contributed by atoms with Crippen LogP contribution >= 0.6 is 35.3 Å². The summed E-state index contributed by atoms with van der Waals surface area (Å²) in [7, 11) is 1.59. The van der Waals surface area contributed by atoms with Gasteiger partial charge in [-0.15, -0.1) is 0 Å². The van der Waals surface area contributed by atoms with E-state index in [1.807, 2.05) is 55.5 Å². The van der Waals surface area contributed by atoms with Crippen LogP contribution in [-0.2, 0) is 4.79 Å². The van der Waals surface area contributed by atoms with Gasteiger partial charge in [-0.1, -0.05) is 47.4 Å². The SMILES string of the molecule is COc1cccc(-n2c(=S)sc3c(=O)[nH]c(SCC(=O)Nc4ccccc4C)nc32)c1. The normalized spacial score (nSPS) is 10.9. The number of amides is 1. The van der Waals surface area contributed by atoms with Crippen LogP contribution < -0.4 is 15.6 Å². The maximum atomic E-state index is 12.6. The van der Waals surface area contributed by atoms with Crippen LogP contribution in [0, 0.1) is 10.9 Å². The molecular formula is C21H18N4O3S3. The van der Waals surface area contributed by atoms with Gasteiger partial charge >= 0.3 is 0 Å². The van der Waals surface area contributed by atoms with Gasteiger partial charge in [0.2, 0.25) is 5.91 Å². The summed E-state index contributed by atoms with van der Waals surface area (Å²) in [6.45, 7) is 1.93. The number of carbonyl (C=O) groups is 1. The van der Waals surface area contributed by atoms with E-state index in [1.54, 1.807) is 11.7 Å². The third-order valence-electron chi connectivity index (χ3n) is 4.49. The number of thioether (sulfide) groups is 1. The highest BCUT2D eigenvalue weighted by molar-refractivity contribution is 7.99. The number of methoxy groups -OCH3 is 1. The van der Waals surface area contributed by atoms with Crippen molar-refractivity contribution in [2.75, 3.05) is 18.2 Å². The lowest BCUT2D eigenvalue weighted by Crippen LogP contribution is -2.16. The van der Waals surface area contributed by atoms with E-state index in [2.05, 4.69) is 15.3 Å². The van der Waals surface area contributed by atoms with Crippen molar-refractivity contribution in [3.63, 3.8) is 0 Å². The molecular weight excluding hydrogens is 452 g/mol. The highest BCUT2D eigenvalue weighted by atomic mass is 32.2. The molecule has 2 N–H and O–H groups in total. The number of anilines is 1. The summed E-state index contributed by atoms with van der Waals surface area (Å²) in [6.07, 6.45) is 0. The van der Waals surface area contributed by atoms with Crippen molar-refractivity contribution in [1.29, 1.82) is 0 Å². The van der Waals surface area contributed by atoms with Crippen LogP contribution in [0.5, 0.6) is 5.75 Å². The van der Waals surface area contributed by atoms with Gasteiger partial charge in [-0.05, 0) is 42.9 Å². The molecule has 0 unspecified atom stereocenters.